The molecule has 1 unspecified atom stereocenters. The molecule has 1 N–H and O–H groups in total. The summed E-state index contributed by atoms with van der Waals surface area (Å²) in [6, 6.07) is -0.544. The number of ether oxygens (including phenoxy) is 1. The van der Waals surface area contributed by atoms with Crippen LogP contribution in [0.15, 0.2) is 0 Å². The lowest BCUT2D eigenvalue weighted by Gasteiger charge is -2.30. The first-order chi connectivity index (χ1) is 9.62. The molecule has 0 heterocycles. The molecular weight excluding hydrogens is 268 g/mol. The average Bonchev–Trinajstić information content (AvgIpc) is 2.32. The normalized spacial score (nSPS) is 13.0. The molecule has 0 saturated carbocycles. The third-order valence-electron chi connectivity index (χ3n) is 2.90. The van der Waals surface area contributed by atoms with E-state index in [1.165, 1.54) is 0 Å². The Labute approximate surface area is 129 Å². The van der Waals surface area contributed by atoms with Crippen molar-refractivity contribution in [1.82, 2.24) is 10.2 Å². The van der Waals surface area contributed by atoms with Crippen molar-refractivity contribution in [1.29, 1.82) is 0 Å². The fourth-order valence-electron chi connectivity index (χ4n) is 2.02. The van der Waals surface area contributed by atoms with Gasteiger partial charge in [-0.05, 0) is 39.5 Å². The number of nitrogens with zero attached hydrogens (tertiary/aromatic N) is 1. The minimum absolute atomic E-state index is 0.0150. The number of hydrogen-bond donors (Lipinski definition) is 1. The second kappa shape index (κ2) is 8.90. The molecule has 0 bridgehead atoms. The molecule has 0 spiro atoms. The number of hydrogen-bond acceptors (Lipinski definition) is 3. The lowest BCUT2D eigenvalue weighted by Crippen LogP contribution is -2.52. The first-order valence-corrected chi connectivity index (χ1v) is 7.90. The van der Waals surface area contributed by atoms with Gasteiger partial charge in [-0.1, -0.05) is 27.7 Å². The lowest BCUT2D eigenvalue weighted by atomic mass is 10.0. The van der Waals surface area contributed by atoms with E-state index in [0.29, 0.717) is 13.1 Å². The van der Waals surface area contributed by atoms with Gasteiger partial charge in [0.1, 0.15) is 11.6 Å². The van der Waals surface area contributed by atoms with Crippen molar-refractivity contribution in [3.05, 3.63) is 0 Å². The summed E-state index contributed by atoms with van der Waals surface area (Å²) in [5, 5.41) is 2.72. The Balaban J connectivity index is 4.87. The van der Waals surface area contributed by atoms with Gasteiger partial charge in [-0.25, -0.2) is 4.79 Å². The molecule has 0 saturated heterocycles. The summed E-state index contributed by atoms with van der Waals surface area (Å²) in [5.41, 5.74) is -0.568. The summed E-state index contributed by atoms with van der Waals surface area (Å²) in [6.45, 7) is 14.8. The summed E-state index contributed by atoms with van der Waals surface area (Å²) >= 11 is 0. The third-order valence-corrected chi connectivity index (χ3v) is 2.90. The second-order valence-corrected chi connectivity index (χ2v) is 6.69. The molecule has 0 fully saturated rings. The van der Waals surface area contributed by atoms with E-state index in [2.05, 4.69) is 5.32 Å². The van der Waals surface area contributed by atoms with Gasteiger partial charge >= 0.3 is 6.09 Å². The molecule has 5 heteroatoms. The van der Waals surface area contributed by atoms with Crippen LogP contribution in [0.3, 0.4) is 0 Å². The van der Waals surface area contributed by atoms with E-state index in [1.807, 2.05) is 32.6 Å². The van der Waals surface area contributed by atoms with Gasteiger partial charge in [0.15, 0.2) is 0 Å². The van der Waals surface area contributed by atoms with Crippen molar-refractivity contribution in [3.63, 3.8) is 0 Å². The van der Waals surface area contributed by atoms with E-state index >= 15 is 0 Å². The van der Waals surface area contributed by atoms with Crippen LogP contribution >= 0.6 is 0 Å². The van der Waals surface area contributed by atoms with Crippen molar-refractivity contribution >= 4 is 12.0 Å². The first kappa shape index (κ1) is 19.7. The minimum Gasteiger partial charge on any atom is -0.444 e. The molecule has 0 radical (unpaired) electrons. The number of alkyl carbamates (subject to hydrolysis) is 1. The molecule has 0 rings (SSSR count). The number of carbonyl (C=O) groups excluding carboxylic acids is 2. The Morgan fingerprint density at radius 1 is 1.10 bits per heavy atom. The van der Waals surface area contributed by atoms with Crippen LogP contribution in [0.4, 0.5) is 4.79 Å². The minimum atomic E-state index is -0.568. The van der Waals surface area contributed by atoms with E-state index in [1.54, 1.807) is 20.8 Å². The average molecular weight is 300 g/mol. The Morgan fingerprint density at radius 2 is 1.57 bits per heavy atom. The molecule has 21 heavy (non-hydrogen) atoms. The summed E-state index contributed by atoms with van der Waals surface area (Å²) in [5.74, 6) is -0.0132. The zero-order valence-corrected chi connectivity index (χ0v) is 14.7. The number of amides is 2. The van der Waals surface area contributed by atoms with Gasteiger partial charge in [-0.3, -0.25) is 4.79 Å². The van der Waals surface area contributed by atoms with E-state index in [4.69, 9.17) is 4.74 Å². The van der Waals surface area contributed by atoms with Crippen LogP contribution in [0.5, 0.6) is 0 Å². The molecule has 2 amide bonds. The highest BCUT2D eigenvalue weighted by atomic mass is 16.6. The zero-order chi connectivity index (χ0) is 16.6. The maximum Gasteiger partial charge on any atom is 0.408 e. The Bertz CT molecular complexity index is 329. The quantitative estimate of drug-likeness (QED) is 0.785. The molecule has 0 aliphatic heterocycles. The molecule has 0 aromatic rings. The largest absolute Gasteiger partial charge is 0.444 e. The monoisotopic (exact) mass is 300 g/mol. The molecule has 1 atom stereocenters. The van der Waals surface area contributed by atoms with Crippen molar-refractivity contribution < 1.29 is 14.3 Å². The second-order valence-electron chi connectivity index (χ2n) is 6.69. The Morgan fingerprint density at radius 3 is 1.90 bits per heavy atom. The summed E-state index contributed by atoms with van der Waals surface area (Å²) in [6.07, 6.45) is 1.27. The van der Waals surface area contributed by atoms with Crippen LogP contribution in [-0.2, 0) is 9.53 Å². The molecule has 0 aliphatic carbocycles. The number of nitrogens with one attached hydrogen (secondary N) is 1. The summed E-state index contributed by atoms with van der Waals surface area (Å²) < 4.78 is 5.25. The molecular formula is C16H32N2O3. The number of rotatable bonds is 7. The fourth-order valence-corrected chi connectivity index (χ4v) is 2.02. The van der Waals surface area contributed by atoms with Gasteiger partial charge in [0.05, 0.1) is 0 Å². The Kier molecular flexibility index (Phi) is 8.37. The van der Waals surface area contributed by atoms with Gasteiger partial charge in [-0.2, -0.15) is 0 Å². The van der Waals surface area contributed by atoms with Crippen LogP contribution in [0.25, 0.3) is 0 Å². The highest BCUT2D eigenvalue weighted by Gasteiger charge is 2.29. The van der Waals surface area contributed by atoms with E-state index in [0.717, 1.165) is 12.8 Å². The van der Waals surface area contributed by atoms with Crippen molar-refractivity contribution in [2.24, 2.45) is 5.92 Å². The van der Waals surface area contributed by atoms with Crippen LogP contribution in [0.2, 0.25) is 0 Å². The van der Waals surface area contributed by atoms with Crippen molar-refractivity contribution in [3.8, 4) is 0 Å². The number of carbonyl (C=O) groups is 2. The SMILES string of the molecule is CCCN(CCC)C(=O)C(NC(=O)OC(C)(C)C)C(C)C. The topological polar surface area (TPSA) is 58.6 Å². The zero-order valence-electron chi connectivity index (χ0n) is 14.7. The van der Waals surface area contributed by atoms with Crippen LogP contribution < -0.4 is 5.32 Å². The van der Waals surface area contributed by atoms with Gasteiger partial charge in [0.2, 0.25) is 5.91 Å². The summed E-state index contributed by atoms with van der Waals surface area (Å²) in [4.78, 5) is 26.4. The smallest absolute Gasteiger partial charge is 0.408 e. The lowest BCUT2D eigenvalue weighted by molar-refractivity contribution is -0.134. The molecule has 124 valence electrons. The van der Waals surface area contributed by atoms with Crippen LogP contribution in [0, 0.1) is 5.92 Å². The standard InChI is InChI=1S/C16H32N2O3/c1-8-10-18(11-9-2)14(19)13(12(3)4)17-15(20)21-16(5,6)7/h12-13H,8-11H2,1-7H3,(H,17,20). The first-order valence-electron chi connectivity index (χ1n) is 7.90. The van der Waals surface area contributed by atoms with E-state index < -0.39 is 17.7 Å². The van der Waals surface area contributed by atoms with E-state index in [9.17, 15) is 9.59 Å². The summed E-state index contributed by atoms with van der Waals surface area (Å²) in [7, 11) is 0. The predicted octanol–water partition coefficient (Wildman–Crippen LogP) is 3.18. The Hall–Kier alpha value is -1.26. The highest BCUT2D eigenvalue weighted by molar-refractivity contribution is 5.86. The molecule has 0 aromatic heterocycles. The maximum atomic E-state index is 12.6. The van der Waals surface area contributed by atoms with Gasteiger partial charge < -0.3 is 15.0 Å². The van der Waals surface area contributed by atoms with Gasteiger partial charge in [0, 0.05) is 13.1 Å². The highest BCUT2D eigenvalue weighted by Crippen LogP contribution is 2.11. The van der Waals surface area contributed by atoms with Gasteiger partial charge in [0.25, 0.3) is 0 Å². The van der Waals surface area contributed by atoms with E-state index in [-0.39, 0.29) is 11.8 Å². The maximum absolute atomic E-state index is 12.6. The molecule has 0 aliphatic rings. The van der Waals surface area contributed by atoms with Crippen molar-refractivity contribution in [2.75, 3.05) is 13.1 Å². The van der Waals surface area contributed by atoms with Crippen LogP contribution in [-0.4, -0.2) is 41.6 Å². The fraction of sp³-hybridized carbons (Fsp3) is 0.875. The molecule has 5 nitrogen and oxygen atoms in total. The van der Waals surface area contributed by atoms with Crippen LogP contribution in [0.1, 0.15) is 61.3 Å². The van der Waals surface area contributed by atoms with Gasteiger partial charge in [-0.15, -0.1) is 0 Å². The third kappa shape index (κ3) is 7.93. The van der Waals surface area contributed by atoms with Crippen molar-refractivity contribution in [2.45, 2.75) is 73.0 Å². The molecule has 0 aromatic carbocycles. The predicted molar refractivity (Wildman–Crippen MR) is 85.2 cm³/mol.